The van der Waals surface area contributed by atoms with E-state index in [4.69, 9.17) is 9.47 Å². The Morgan fingerprint density at radius 2 is 1.54 bits per heavy atom. The Morgan fingerprint density at radius 1 is 0.885 bits per heavy atom. The van der Waals surface area contributed by atoms with Crippen LogP contribution in [-0.4, -0.2) is 20.1 Å². The van der Waals surface area contributed by atoms with Crippen LogP contribution in [0.5, 0.6) is 11.5 Å². The lowest BCUT2D eigenvalue weighted by molar-refractivity contribution is 0.0939. The fourth-order valence-corrected chi connectivity index (χ4v) is 3.19. The van der Waals surface area contributed by atoms with Crippen LogP contribution in [0.15, 0.2) is 30.3 Å². The van der Waals surface area contributed by atoms with Gasteiger partial charge >= 0.3 is 0 Å². The van der Waals surface area contributed by atoms with Crippen molar-refractivity contribution in [1.82, 2.24) is 5.32 Å². The summed E-state index contributed by atoms with van der Waals surface area (Å²) in [5, 5.41) is 3.10. The molecule has 0 aliphatic rings. The van der Waals surface area contributed by atoms with Gasteiger partial charge in [-0.1, -0.05) is 13.8 Å². The van der Waals surface area contributed by atoms with Crippen LogP contribution in [0.1, 0.15) is 65.3 Å². The van der Waals surface area contributed by atoms with Crippen LogP contribution in [0.4, 0.5) is 0 Å². The first-order valence-electron chi connectivity index (χ1n) is 8.92. The van der Waals surface area contributed by atoms with Gasteiger partial charge in [-0.15, -0.1) is 0 Å². The van der Waals surface area contributed by atoms with Gasteiger partial charge < -0.3 is 14.8 Å². The molecule has 2 aromatic carbocycles. The van der Waals surface area contributed by atoms with Crippen molar-refractivity contribution in [3.63, 3.8) is 0 Å². The Kier molecular flexibility index (Phi) is 6.30. The Bertz CT molecular complexity index is 796. The predicted molar refractivity (Wildman–Crippen MR) is 105 cm³/mol. The lowest BCUT2D eigenvalue weighted by atomic mass is 9.93. The molecule has 1 atom stereocenters. The first-order valence-corrected chi connectivity index (χ1v) is 8.92. The summed E-state index contributed by atoms with van der Waals surface area (Å²) in [5.74, 6) is 1.92. The molecule has 4 nitrogen and oxygen atoms in total. The van der Waals surface area contributed by atoms with Crippen LogP contribution in [0.25, 0.3) is 0 Å². The van der Waals surface area contributed by atoms with Gasteiger partial charge in [-0.3, -0.25) is 4.79 Å². The number of hydrogen-bond acceptors (Lipinski definition) is 3. The van der Waals surface area contributed by atoms with Gasteiger partial charge in [0.25, 0.3) is 5.91 Å². The van der Waals surface area contributed by atoms with Crippen molar-refractivity contribution < 1.29 is 14.3 Å². The van der Waals surface area contributed by atoms with Crippen LogP contribution in [-0.2, 0) is 0 Å². The Labute approximate surface area is 156 Å². The Hall–Kier alpha value is -2.49. The van der Waals surface area contributed by atoms with Gasteiger partial charge in [-0.2, -0.15) is 0 Å². The van der Waals surface area contributed by atoms with E-state index in [0.29, 0.717) is 11.5 Å². The number of methoxy groups -OCH3 is 2. The number of benzene rings is 2. The molecule has 0 aromatic heterocycles. The molecular formula is C22H29NO3. The van der Waals surface area contributed by atoms with Gasteiger partial charge in [0.1, 0.15) is 11.5 Å². The van der Waals surface area contributed by atoms with E-state index in [1.807, 2.05) is 39.0 Å². The highest BCUT2D eigenvalue weighted by Crippen LogP contribution is 2.32. The molecule has 0 saturated carbocycles. The third kappa shape index (κ3) is 4.18. The van der Waals surface area contributed by atoms with E-state index in [0.717, 1.165) is 33.8 Å². The minimum absolute atomic E-state index is 0.0930. The topological polar surface area (TPSA) is 47.6 Å². The maximum Gasteiger partial charge on any atom is 0.251 e. The second-order valence-electron chi connectivity index (χ2n) is 6.98. The molecule has 2 aromatic rings. The normalized spacial score (nSPS) is 12.0. The highest BCUT2D eigenvalue weighted by Gasteiger charge is 2.18. The van der Waals surface area contributed by atoms with Gasteiger partial charge in [0.15, 0.2) is 0 Å². The van der Waals surface area contributed by atoms with Gasteiger partial charge in [0.2, 0.25) is 0 Å². The summed E-state index contributed by atoms with van der Waals surface area (Å²) in [6.07, 6.45) is 0. The quantitative estimate of drug-likeness (QED) is 0.799. The number of hydrogen-bond donors (Lipinski definition) is 1. The molecule has 0 spiro atoms. The standard InChI is InChI=1S/C22H29NO3/c1-13(2)18-12-19(14(3)11-21(18)26-7)16(5)23-22(24)17-8-9-20(25-6)15(4)10-17/h8-13,16H,1-7H3,(H,23,24). The smallest absolute Gasteiger partial charge is 0.251 e. The van der Waals surface area contributed by atoms with Crippen molar-refractivity contribution in [2.45, 2.75) is 46.6 Å². The highest BCUT2D eigenvalue weighted by atomic mass is 16.5. The molecule has 1 amide bonds. The molecule has 26 heavy (non-hydrogen) atoms. The lowest BCUT2D eigenvalue weighted by Gasteiger charge is -2.21. The van der Waals surface area contributed by atoms with Crippen molar-refractivity contribution in [3.05, 3.63) is 58.1 Å². The zero-order valence-corrected chi connectivity index (χ0v) is 16.8. The molecule has 2 rings (SSSR count). The number of rotatable bonds is 6. The van der Waals surface area contributed by atoms with Gasteiger partial charge in [-0.25, -0.2) is 0 Å². The summed E-state index contributed by atoms with van der Waals surface area (Å²) >= 11 is 0. The van der Waals surface area contributed by atoms with Crippen LogP contribution in [0, 0.1) is 13.8 Å². The first kappa shape index (κ1) is 19.8. The predicted octanol–water partition coefficient (Wildman–Crippen LogP) is 4.94. The van der Waals surface area contributed by atoms with E-state index in [9.17, 15) is 4.79 Å². The van der Waals surface area contributed by atoms with Crippen molar-refractivity contribution in [1.29, 1.82) is 0 Å². The lowest BCUT2D eigenvalue weighted by Crippen LogP contribution is -2.27. The van der Waals surface area contributed by atoms with Crippen LogP contribution in [0.2, 0.25) is 0 Å². The minimum Gasteiger partial charge on any atom is -0.496 e. The Morgan fingerprint density at radius 3 is 2.08 bits per heavy atom. The summed E-state index contributed by atoms with van der Waals surface area (Å²) in [7, 11) is 3.32. The minimum atomic E-state index is -0.103. The van der Waals surface area contributed by atoms with E-state index in [1.54, 1.807) is 20.3 Å². The molecular weight excluding hydrogens is 326 g/mol. The van der Waals surface area contributed by atoms with Crippen molar-refractivity contribution in [3.8, 4) is 11.5 Å². The van der Waals surface area contributed by atoms with E-state index in [2.05, 4.69) is 25.2 Å². The van der Waals surface area contributed by atoms with E-state index in [-0.39, 0.29) is 11.9 Å². The molecule has 0 bridgehead atoms. The number of amides is 1. The average Bonchev–Trinajstić information content (AvgIpc) is 2.60. The number of carbonyl (C=O) groups is 1. The maximum atomic E-state index is 12.7. The number of nitrogens with one attached hydrogen (secondary N) is 1. The molecule has 0 saturated heterocycles. The fourth-order valence-electron chi connectivity index (χ4n) is 3.19. The van der Waals surface area contributed by atoms with Crippen molar-refractivity contribution >= 4 is 5.91 Å². The third-order valence-corrected chi connectivity index (χ3v) is 4.71. The second-order valence-corrected chi connectivity index (χ2v) is 6.98. The molecule has 0 heterocycles. The van der Waals surface area contributed by atoms with Crippen molar-refractivity contribution in [2.75, 3.05) is 14.2 Å². The number of ether oxygens (including phenoxy) is 2. The molecule has 1 N–H and O–H groups in total. The van der Waals surface area contributed by atoms with E-state index in [1.165, 1.54) is 0 Å². The van der Waals surface area contributed by atoms with Gasteiger partial charge in [-0.05, 0) is 79.3 Å². The summed E-state index contributed by atoms with van der Waals surface area (Å²) in [6.45, 7) is 10.3. The molecule has 0 fully saturated rings. The third-order valence-electron chi connectivity index (χ3n) is 4.71. The SMILES string of the molecule is COc1ccc(C(=O)NC(C)c2cc(C(C)C)c(OC)cc2C)cc1C. The molecule has 0 aliphatic heterocycles. The van der Waals surface area contributed by atoms with Crippen LogP contribution >= 0.6 is 0 Å². The highest BCUT2D eigenvalue weighted by molar-refractivity contribution is 5.94. The average molecular weight is 355 g/mol. The largest absolute Gasteiger partial charge is 0.496 e. The molecule has 0 radical (unpaired) electrons. The van der Waals surface area contributed by atoms with E-state index >= 15 is 0 Å². The summed E-state index contributed by atoms with van der Waals surface area (Å²) in [5.41, 5.74) is 4.92. The summed E-state index contributed by atoms with van der Waals surface area (Å²) in [4.78, 5) is 12.7. The van der Waals surface area contributed by atoms with Crippen LogP contribution in [0.3, 0.4) is 0 Å². The zero-order chi connectivity index (χ0) is 19.4. The molecule has 140 valence electrons. The monoisotopic (exact) mass is 355 g/mol. The fraction of sp³-hybridized carbons (Fsp3) is 0.409. The summed E-state index contributed by atoms with van der Waals surface area (Å²) < 4.78 is 10.8. The molecule has 4 heteroatoms. The molecule has 1 unspecified atom stereocenters. The molecule has 0 aliphatic carbocycles. The summed E-state index contributed by atoms with van der Waals surface area (Å²) in [6, 6.07) is 9.54. The Balaban J connectivity index is 2.26. The van der Waals surface area contributed by atoms with Gasteiger partial charge in [0, 0.05) is 5.56 Å². The number of carbonyl (C=O) groups excluding carboxylic acids is 1. The van der Waals surface area contributed by atoms with Crippen LogP contribution < -0.4 is 14.8 Å². The first-order chi connectivity index (χ1) is 12.3. The number of aryl methyl sites for hydroxylation is 2. The second kappa shape index (κ2) is 8.26. The van der Waals surface area contributed by atoms with E-state index < -0.39 is 0 Å². The maximum absolute atomic E-state index is 12.7. The van der Waals surface area contributed by atoms with Gasteiger partial charge in [0.05, 0.1) is 20.3 Å². The zero-order valence-electron chi connectivity index (χ0n) is 16.8. The van der Waals surface area contributed by atoms with Crippen molar-refractivity contribution in [2.24, 2.45) is 0 Å².